The van der Waals surface area contributed by atoms with Crippen molar-refractivity contribution in [1.82, 2.24) is 0 Å². The Morgan fingerprint density at radius 2 is 2.07 bits per heavy atom. The molecule has 0 fully saturated rings. The van der Waals surface area contributed by atoms with E-state index in [4.69, 9.17) is 0 Å². The number of carbonyl (C=O) groups is 1. The van der Waals surface area contributed by atoms with Crippen molar-refractivity contribution < 1.29 is 4.79 Å². The molecule has 0 spiro atoms. The summed E-state index contributed by atoms with van der Waals surface area (Å²) in [6, 6.07) is 4.14. The van der Waals surface area contributed by atoms with Gasteiger partial charge in [0.15, 0.2) is 0 Å². The van der Waals surface area contributed by atoms with Crippen molar-refractivity contribution in [3.8, 4) is 0 Å². The highest BCUT2D eigenvalue weighted by atomic mass is 16.1. The summed E-state index contributed by atoms with van der Waals surface area (Å²) < 4.78 is 0. The summed E-state index contributed by atoms with van der Waals surface area (Å²) in [7, 11) is 0. The van der Waals surface area contributed by atoms with Crippen molar-refractivity contribution in [2.45, 2.75) is 20.3 Å². The predicted molar refractivity (Wildman–Crippen MR) is 57.7 cm³/mol. The SMILES string of the molecule is Cc1cc(C)c2c(c1)NCCC(=O)N2. The van der Waals surface area contributed by atoms with Crippen LogP contribution < -0.4 is 10.6 Å². The van der Waals surface area contributed by atoms with Gasteiger partial charge in [0.05, 0.1) is 11.4 Å². The second-order valence-corrected chi connectivity index (χ2v) is 3.73. The number of hydrogen-bond donors (Lipinski definition) is 2. The molecule has 1 aliphatic heterocycles. The molecule has 3 heteroatoms. The summed E-state index contributed by atoms with van der Waals surface area (Å²) in [6.07, 6.45) is 0.535. The van der Waals surface area contributed by atoms with E-state index in [2.05, 4.69) is 29.7 Å². The minimum Gasteiger partial charge on any atom is -0.383 e. The van der Waals surface area contributed by atoms with Crippen molar-refractivity contribution in [2.24, 2.45) is 0 Å². The zero-order valence-corrected chi connectivity index (χ0v) is 8.48. The standard InChI is InChI=1S/C11H14N2O/c1-7-5-8(2)11-9(6-7)12-4-3-10(14)13-11/h5-6,12H,3-4H2,1-2H3,(H,13,14). The Labute approximate surface area is 83.5 Å². The van der Waals surface area contributed by atoms with E-state index in [0.717, 1.165) is 16.9 Å². The van der Waals surface area contributed by atoms with Crippen LogP contribution in [0, 0.1) is 13.8 Å². The van der Waals surface area contributed by atoms with Crippen LogP contribution in [-0.2, 0) is 4.79 Å². The molecule has 0 saturated heterocycles. The van der Waals surface area contributed by atoms with E-state index in [1.807, 2.05) is 6.92 Å². The van der Waals surface area contributed by atoms with Crippen LogP contribution in [0.25, 0.3) is 0 Å². The maximum absolute atomic E-state index is 11.3. The fourth-order valence-corrected chi connectivity index (χ4v) is 1.79. The molecular weight excluding hydrogens is 176 g/mol. The van der Waals surface area contributed by atoms with Crippen LogP contribution in [0.4, 0.5) is 11.4 Å². The van der Waals surface area contributed by atoms with Crippen molar-refractivity contribution in [3.05, 3.63) is 23.3 Å². The number of anilines is 2. The summed E-state index contributed by atoms with van der Waals surface area (Å²) in [6.45, 7) is 4.78. The molecule has 1 aliphatic rings. The molecule has 1 amide bonds. The van der Waals surface area contributed by atoms with Gasteiger partial charge in [-0.25, -0.2) is 0 Å². The molecule has 0 bridgehead atoms. The Morgan fingerprint density at radius 1 is 1.29 bits per heavy atom. The Balaban J connectivity index is 2.50. The van der Waals surface area contributed by atoms with Gasteiger partial charge in [-0.15, -0.1) is 0 Å². The normalized spacial score (nSPS) is 15.1. The molecule has 1 heterocycles. The third-order valence-corrected chi connectivity index (χ3v) is 2.41. The summed E-state index contributed by atoms with van der Waals surface area (Å²) in [5, 5.41) is 6.17. The first-order valence-electron chi connectivity index (χ1n) is 4.82. The third-order valence-electron chi connectivity index (χ3n) is 2.41. The first-order valence-corrected chi connectivity index (χ1v) is 4.82. The number of fused-ring (bicyclic) bond motifs is 1. The molecule has 2 N–H and O–H groups in total. The summed E-state index contributed by atoms with van der Waals surface area (Å²) in [5.74, 6) is 0.0863. The summed E-state index contributed by atoms with van der Waals surface area (Å²) >= 11 is 0. The number of amides is 1. The zero-order chi connectivity index (χ0) is 10.1. The lowest BCUT2D eigenvalue weighted by Gasteiger charge is -2.11. The minimum absolute atomic E-state index is 0.0863. The van der Waals surface area contributed by atoms with Crippen LogP contribution in [0.1, 0.15) is 17.5 Å². The average molecular weight is 190 g/mol. The molecule has 0 aliphatic carbocycles. The molecule has 0 saturated carbocycles. The van der Waals surface area contributed by atoms with Gasteiger partial charge in [0.2, 0.25) is 5.91 Å². The number of hydrogen-bond acceptors (Lipinski definition) is 2. The number of carbonyl (C=O) groups excluding carboxylic acids is 1. The second-order valence-electron chi connectivity index (χ2n) is 3.73. The Kier molecular flexibility index (Phi) is 2.15. The lowest BCUT2D eigenvalue weighted by atomic mass is 10.1. The van der Waals surface area contributed by atoms with E-state index in [1.54, 1.807) is 0 Å². The van der Waals surface area contributed by atoms with Crippen molar-refractivity contribution in [3.63, 3.8) is 0 Å². The van der Waals surface area contributed by atoms with Gasteiger partial charge in [-0.3, -0.25) is 4.79 Å². The van der Waals surface area contributed by atoms with Gasteiger partial charge in [-0.05, 0) is 31.0 Å². The topological polar surface area (TPSA) is 41.1 Å². The Hall–Kier alpha value is -1.51. The highest BCUT2D eigenvalue weighted by Crippen LogP contribution is 2.29. The van der Waals surface area contributed by atoms with E-state index in [1.165, 1.54) is 5.56 Å². The molecule has 14 heavy (non-hydrogen) atoms. The fourth-order valence-electron chi connectivity index (χ4n) is 1.79. The molecule has 3 nitrogen and oxygen atoms in total. The van der Waals surface area contributed by atoms with Crippen molar-refractivity contribution >= 4 is 17.3 Å². The van der Waals surface area contributed by atoms with Crippen LogP contribution in [0.2, 0.25) is 0 Å². The van der Waals surface area contributed by atoms with Crippen LogP contribution >= 0.6 is 0 Å². The maximum atomic E-state index is 11.3. The van der Waals surface area contributed by atoms with Crippen LogP contribution in [-0.4, -0.2) is 12.5 Å². The van der Waals surface area contributed by atoms with E-state index in [-0.39, 0.29) is 5.91 Å². The lowest BCUT2D eigenvalue weighted by Crippen LogP contribution is -2.11. The van der Waals surface area contributed by atoms with E-state index >= 15 is 0 Å². The van der Waals surface area contributed by atoms with Gasteiger partial charge >= 0.3 is 0 Å². The summed E-state index contributed by atoms with van der Waals surface area (Å²) in [4.78, 5) is 11.3. The van der Waals surface area contributed by atoms with Gasteiger partial charge in [0.1, 0.15) is 0 Å². The van der Waals surface area contributed by atoms with Crippen LogP contribution in [0.5, 0.6) is 0 Å². The monoisotopic (exact) mass is 190 g/mol. The molecular formula is C11H14N2O. The number of aryl methyl sites for hydroxylation is 2. The van der Waals surface area contributed by atoms with E-state index in [9.17, 15) is 4.79 Å². The fraction of sp³-hybridized carbons (Fsp3) is 0.364. The second kappa shape index (κ2) is 3.33. The molecule has 0 unspecified atom stereocenters. The molecule has 1 aromatic rings. The maximum Gasteiger partial charge on any atom is 0.226 e. The lowest BCUT2D eigenvalue weighted by molar-refractivity contribution is -0.115. The molecule has 2 rings (SSSR count). The molecule has 1 aromatic carbocycles. The van der Waals surface area contributed by atoms with Crippen LogP contribution in [0.15, 0.2) is 12.1 Å². The molecule has 0 atom stereocenters. The van der Waals surface area contributed by atoms with Gasteiger partial charge in [0, 0.05) is 13.0 Å². The number of benzene rings is 1. The zero-order valence-electron chi connectivity index (χ0n) is 8.48. The van der Waals surface area contributed by atoms with Crippen molar-refractivity contribution in [1.29, 1.82) is 0 Å². The molecule has 0 radical (unpaired) electrons. The Morgan fingerprint density at radius 3 is 2.86 bits per heavy atom. The highest BCUT2D eigenvalue weighted by molar-refractivity contribution is 5.97. The van der Waals surface area contributed by atoms with E-state index in [0.29, 0.717) is 13.0 Å². The molecule has 0 aromatic heterocycles. The van der Waals surface area contributed by atoms with Crippen LogP contribution in [0.3, 0.4) is 0 Å². The van der Waals surface area contributed by atoms with Gasteiger partial charge < -0.3 is 10.6 Å². The average Bonchev–Trinajstić information content (AvgIpc) is 2.27. The third kappa shape index (κ3) is 1.58. The van der Waals surface area contributed by atoms with Crippen molar-refractivity contribution in [2.75, 3.05) is 17.2 Å². The quantitative estimate of drug-likeness (QED) is 0.657. The predicted octanol–water partition coefficient (Wildman–Crippen LogP) is 2.06. The van der Waals surface area contributed by atoms with E-state index < -0.39 is 0 Å². The van der Waals surface area contributed by atoms with Gasteiger partial charge in [-0.2, -0.15) is 0 Å². The van der Waals surface area contributed by atoms with Gasteiger partial charge in [0.25, 0.3) is 0 Å². The largest absolute Gasteiger partial charge is 0.383 e. The number of nitrogens with one attached hydrogen (secondary N) is 2. The van der Waals surface area contributed by atoms with Gasteiger partial charge in [-0.1, -0.05) is 6.07 Å². The first-order chi connectivity index (χ1) is 6.66. The Bertz CT molecular complexity index is 385. The first kappa shape index (κ1) is 9.06. The summed E-state index contributed by atoms with van der Waals surface area (Å²) in [5.41, 5.74) is 4.29. The highest BCUT2D eigenvalue weighted by Gasteiger charge is 2.13. The smallest absolute Gasteiger partial charge is 0.226 e. The minimum atomic E-state index is 0.0863. The molecule has 74 valence electrons. The number of rotatable bonds is 0.